The molecule has 136 valence electrons. The Morgan fingerprint density at radius 2 is 2.08 bits per heavy atom. The Hall–Kier alpha value is -1.98. The lowest BCUT2D eigenvalue weighted by atomic mass is 9.89. The van der Waals surface area contributed by atoms with E-state index in [0.717, 1.165) is 25.3 Å². The average molecular weight is 336 g/mol. The first-order valence-electron chi connectivity index (χ1n) is 8.68. The first kappa shape index (κ1) is 20.1. The zero-order valence-corrected chi connectivity index (χ0v) is 15.6. The molecular formula is C18H32N4O2. The molecule has 1 amide bonds. The number of hydrogen-bond donors (Lipinski definition) is 3. The van der Waals surface area contributed by atoms with Crippen molar-refractivity contribution in [3.63, 3.8) is 0 Å². The lowest BCUT2D eigenvalue weighted by Crippen LogP contribution is -2.43. The Morgan fingerprint density at radius 1 is 1.33 bits per heavy atom. The summed E-state index contributed by atoms with van der Waals surface area (Å²) in [5.41, 5.74) is 0.335. The number of amides is 1. The number of aliphatic imine (C=N–C) groups is 1. The molecule has 1 aromatic heterocycles. The van der Waals surface area contributed by atoms with Gasteiger partial charge in [-0.05, 0) is 44.2 Å². The van der Waals surface area contributed by atoms with Gasteiger partial charge < -0.3 is 20.4 Å². The van der Waals surface area contributed by atoms with Crippen LogP contribution in [0.25, 0.3) is 0 Å². The fourth-order valence-corrected chi connectivity index (χ4v) is 2.11. The van der Waals surface area contributed by atoms with E-state index < -0.39 is 0 Å². The van der Waals surface area contributed by atoms with E-state index in [1.807, 2.05) is 6.92 Å². The molecular weight excluding hydrogens is 304 g/mol. The van der Waals surface area contributed by atoms with Crippen LogP contribution in [0, 0.1) is 5.41 Å². The van der Waals surface area contributed by atoms with Crippen LogP contribution in [0.2, 0.25) is 0 Å². The van der Waals surface area contributed by atoms with Crippen LogP contribution in [0.3, 0.4) is 0 Å². The van der Waals surface area contributed by atoms with Crippen LogP contribution in [0.1, 0.15) is 58.0 Å². The van der Waals surface area contributed by atoms with Crippen molar-refractivity contribution in [3.05, 3.63) is 24.2 Å². The fraction of sp³-hybridized carbons (Fsp3) is 0.667. The second kappa shape index (κ2) is 10.0. The van der Waals surface area contributed by atoms with E-state index in [0.29, 0.717) is 30.3 Å². The van der Waals surface area contributed by atoms with Gasteiger partial charge in [0.25, 0.3) is 5.91 Å². The maximum atomic E-state index is 11.7. The van der Waals surface area contributed by atoms with Crippen molar-refractivity contribution in [2.75, 3.05) is 19.6 Å². The predicted octanol–water partition coefficient (Wildman–Crippen LogP) is 2.78. The normalized spacial score (nSPS) is 13.5. The number of nitrogens with one attached hydrogen (secondary N) is 3. The molecule has 6 nitrogen and oxygen atoms in total. The summed E-state index contributed by atoms with van der Waals surface area (Å²) in [6, 6.07) is 3.68. The summed E-state index contributed by atoms with van der Waals surface area (Å²) in [4.78, 5) is 16.2. The van der Waals surface area contributed by atoms with E-state index in [-0.39, 0.29) is 5.91 Å². The maximum Gasteiger partial charge on any atom is 0.287 e. The van der Waals surface area contributed by atoms with Gasteiger partial charge in [0.15, 0.2) is 11.7 Å². The summed E-state index contributed by atoms with van der Waals surface area (Å²) < 4.78 is 5.05. The first-order chi connectivity index (χ1) is 11.3. The Labute approximate surface area is 145 Å². The SMILES string of the molecule is CCNC(=NCCNC(=O)c1ccco1)NC(C)CCC(C)(C)C. The summed E-state index contributed by atoms with van der Waals surface area (Å²) in [5, 5.41) is 9.43. The number of hydrogen-bond acceptors (Lipinski definition) is 3. The van der Waals surface area contributed by atoms with Gasteiger partial charge in [0.1, 0.15) is 0 Å². The second-order valence-corrected chi connectivity index (χ2v) is 7.14. The van der Waals surface area contributed by atoms with Gasteiger partial charge in [-0.25, -0.2) is 0 Å². The third-order valence-corrected chi connectivity index (χ3v) is 3.47. The van der Waals surface area contributed by atoms with Gasteiger partial charge in [-0.15, -0.1) is 0 Å². The smallest absolute Gasteiger partial charge is 0.287 e. The average Bonchev–Trinajstić information content (AvgIpc) is 3.03. The minimum absolute atomic E-state index is 0.216. The molecule has 1 unspecified atom stereocenters. The fourth-order valence-electron chi connectivity index (χ4n) is 2.11. The van der Waals surface area contributed by atoms with Crippen molar-refractivity contribution in [2.45, 2.75) is 53.5 Å². The van der Waals surface area contributed by atoms with Crippen LogP contribution in [0.4, 0.5) is 0 Å². The molecule has 0 aliphatic carbocycles. The highest BCUT2D eigenvalue weighted by molar-refractivity contribution is 5.91. The van der Waals surface area contributed by atoms with Gasteiger partial charge in [-0.3, -0.25) is 9.79 Å². The molecule has 0 fully saturated rings. The summed E-state index contributed by atoms with van der Waals surface area (Å²) in [5.74, 6) is 0.887. The maximum absolute atomic E-state index is 11.7. The highest BCUT2D eigenvalue weighted by Gasteiger charge is 2.13. The lowest BCUT2D eigenvalue weighted by Gasteiger charge is -2.23. The zero-order valence-electron chi connectivity index (χ0n) is 15.6. The molecule has 1 atom stereocenters. The summed E-state index contributed by atoms with van der Waals surface area (Å²) in [6.45, 7) is 12.7. The van der Waals surface area contributed by atoms with E-state index in [9.17, 15) is 4.79 Å². The molecule has 24 heavy (non-hydrogen) atoms. The summed E-state index contributed by atoms with van der Waals surface area (Å²) in [6.07, 6.45) is 3.72. The first-order valence-corrected chi connectivity index (χ1v) is 8.68. The van der Waals surface area contributed by atoms with E-state index in [1.165, 1.54) is 6.26 Å². The van der Waals surface area contributed by atoms with E-state index in [2.05, 4.69) is 48.6 Å². The van der Waals surface area contributed by atoms with Gasteiger partial charge in [0.05, 0.1) is 12.8 Å². The largest absolute Gasteiger partial charge is 0.459 e. The minimum Gasteiger partial charge on any atom is -0.459 e. The third kappa shape index (κ3) is 8.60. The number of rotatable bonds is 8. The Morgan fingerprint density at radius 3 is 2.67 bits per heavy atom. The van der Waals surface area contributed by atoms with Gasteiger partial charge in [-0.1, -0.05) is 20.8 Å². The molecule has 6 heteroatoms. The standard InChI is InChI=1S/C18H32N4O2/c1-6-19-17(22-14(2)9-10-18(3,4)5)21-12-11-20-16(23)15-8-7-13-24-15/h7-8,13-14H,6,9-12H2,1-5H3,(H,20,23)(H2,19,21,22). The quantitative estimate of drug-likeness (QED) is 0.387. The van der Waals surface area contributed by atoms with Crippen LogP contribution >= 0.6 is 0 Å². The van der Waals surface area contributed by atoms with Gasteiger partial charge in [0, 0.05) is 19.1 Å². The Bertz CT molecular complexity index is 504. The predicted molar refractivity (Wildman–Crippen MR) is 98.3 cm³/mol. The highest BCUT2D eigenvalue weighted by atomic mass is 16.3. The number of carbonyl (C=O) groups is 1. The van der Waals surface area contributed by atoms with Crippen molar-refractivity contribution in [3.8, 4) is 0 Å². The van der Waals surface area contributed by atoms with Crippen LogP contribution in [0.5, 0.6) is 0 Å². The van der Waals surface area contributed by atoms with Gasteiger partial charge in [0.2, 0.25) is 0 Å². The summed E-state index contributed by atoms with van der Waals surface area (Å²) >= 11 is 0. The second-order valence-electron chi connectivity index (χ2n) is 7.14. The van der Waals surface area contributed by atoms with Crippen LogP contribution < -0.4 is 16.0 Å². The van der Waals surface area contributed by atoms with Crippen molar-refractivity contribution < 1.29 is 9.21 Å². The number of nitrogens with zero attached hydrogens (tertiary/aromatic N) is 1. The third-order valence-electron chi connectivity index (χ3n) is 3.47. The lowest BCUT2D eigenvalue weighted by molar-refractivity contribution is 0.0927. The van der Waals surface area contributed by atoms with E-state index in [4.69, 9.17) is 4.42 Å². The molecule has 1 heterocycles. The highest BCUT2D eigenvalue weighted by Crippen LogP contribution is 2.21. The van der Waals surface area contributed by atoms with Crippen LogP contribution in [0.15, 0.2) is 27.8 Å². The topological polar surface area (TPSA) is 78.7 Å². The molecule has 0 aliphatic heterocycles. The monoisotopic (exact) mass is 336 g/mol. The van der Waals surface area contributed by atoms with Crippen LogP contribution in [-0.2, 0) is 0 Å². The summed E-state index contributed by atoms with van der Waals surface area (Å²) in [7, 11) is 0. The number of carbonyl (C=O) groups excluding carboxylic acids is 1. The molecule has 0 bridgehead atoms. The minimum atomic E-state index is -0.216. The molecule has 0 saturated heterocycles. The van der Waals surface area contributed by atoms with Gasteiger partial charge >= 0.3 is 0 Å². The molecule has 1 rings (SSSR count). The van der Waals surface area contributed by atoms with E-state index >= 15 is 0 Å². The Balaban J connectivity index is 2.37. The van der Waals surface area contributed by atoms with Crippen molar-refractivity contribution >= 4 is 11.9 Å². The molecule has 0 aromatic carbocycles. The van der Waals surface area contributed by atoms with Crippen molar-refractivity contribution in [1.82, 2.24) is 16.0 Å². The molecule has 3 N–H and O–H groups in total. The number of guanidine groups is 1. The zero-order chi connectivity index (χ0) is 18.0. The van der Waals surface area contributed by atoms with E-state index in [1.54, 1.807) is 12.1 Å². The molecule has 0 aliphatic rings. The molecule has 0 radical (unpaired) electrons. The Kier molecular flexibility index (Phi) is 8.36. The van der Waals surface area contributed by atoms with Gasteiger partial charge in [-0.2, -0.15) is 0 Å². The van der Waals surface area contributed by atoms with Crippen molar-refractivity contribution in [1.29, 1.82) is 0 Å². The van der Waals surface area contributed by atoms with Crippen LogP contribution in [-0.4, -0.2) is 37.5 Å². The molecule has 0 saturated carbocycles. The molecule has 0 spiro atoms. The molecule has 1 aromatic rings. The van der Waals surface area contributed by atoms with Crippen molar-refractivity contribution in [2.24, 2.45) is 10.4 Å². The number of furan rings is 1.